The molecular weight excluding hydrogens is 252 g/mol. The molecule has 0 N–H and O–H groups in total. The molecule has 1 aliphatic heterocycles. The Morgan fingerprint density at radius 3 is 3.10 bits per heavy atom. The normalized spacial score (nSPS) is 13.9. The highest BCUT2D eigenvalue weighted by Crippen LogP contribution is 2.31. The van der Waals surface area contributed by atoms with Gasteiger partial charge < -0.3 is 9.32 Å². The summed E-state index contributed by atoms with van der Waals surface area (Å²) < 4.78 is 5.44. The van der Waals surface area contributed by atoms with Crippen LogP contribution in [0.5, 0.6) is 0 Å². The van der Waals surface area contributed by atoms with Crippen molar-refractivity contribution in [2.45, 2.75) is 26.4 Å². The fraction of sp³-hybridized carbons (Fsp3) is 0.267. The SMILES string of the molecule is CCc1ncc2c(n1)CN(c1nccc3occc13)C2. The van der Waals surface area contributed by atoms with E-state index in [0.717, 1.165) is 47.8 Å². The smallest absolute Gasteiger partial charge is 0.140 e. The summed E-state index contributed by atoms with van der Waals surface area (Å²) in [6.07, 6.45) is 6.29. The van der Waals surface area contributed by atoms with Gasteiger partial charge in [0.2, 0.25) is 0 Å². The second-order valence-electron chi connectivity index (χ2n) is 4.93. The van der Waals surface area contributed by atoms with Crippen LogP contribution in [0.25, 0.3) is 11.0 Å². The van der Waals surface area contributed by atoms with Gasteiger partial charge in [0.1, 0.15) is 17.2 Å². The average molecular weight is 266 g/mol. The Bertz CT molecular complexity index is 780. The summed E-state index contributed by atoms with van der Waals surface area (Å²) in [6.45, 7) is 3.65. The van der Waals surface area contributed by atoms with Crippen molar-refractivity contribution in [1.29, 1.82) is 0 Å². The first-order valence-electron chi connectivity index (χ1n) is 6.76. The van der Waals surface area contributed by atoms with E-state index in [4.69, 9.17) is 4.42 Å². The van der Waals surface area contributed by atoms with E-state index < -0.39 is 0 Å². The van der Waals surface area contributed by atoms with Gasteiger partial charge in [-0.1, -0.05) is 6.92 Å². The number of fused-ring (bicyclic) bond motifs is 2. The molecule has 0 bridgehead atoms. The molecule has 0 fully saturated rings. The van der Waals surface area contributed by atoms with E-state index in [0.29, 0.717) is 0 Å². The fourth-order valence-electron chi connectivity index (χ4n) is 2.65. The monoisotopic (exact) mass is 266 g/mol. The average Bonchev–Trinajstić information content (AvgIpc) is 3.12. The van der Waals surface area contributed by atoms with Gasteiger partial charge in [0.15, 0.2) is 0 Å². The minimum absolute atomic E-state index is 0.780. The first-order valence-corrected chi connectivity index (χ1v) is 6.76. The summed E-state index contributed by atoms with van der Waals surface area (Å²) in [5.41, 5.74) is 3.16. The summed E-state index contributed by atoms with van der Waals surface area (Å²) >= 11 is 0. The molecular formula is C15H14N4O. The highest BCUT2D eigenvalue weighted by atomic mass is 16.3. The third-order valence-electron chi connectivity index (χ3n) is 3.68. The number of aryl methyl sites for hydroxylation is 1. The zero-order chi connectivity index (χ0) is 13.5. The topological polar surface area (TPSA) is 55.1 Å². The van der Waals surface area contributed by atoms with E-state index in [1.54, 1.807) is 12.5 Å². The Labute approximate surface area is 116 Å². The molecule has 0 spiro atoms. The predicted octanol–water partition coefficient (Wildman–Crippen LogP) is 2.70. The molecule has 0 radical (unpaired) electrons. The Balaban J connectivity index is 1.74. The summed E-state index contributed by atoms with van der Waals surface area (Å²) in [6, 6.07) is 3.85. The fourth-order valence-corrected chi connectivity index (χ4v) is 2.65. The Morgan fingerprint density at radius 2 is 2.20 bits per heavy atom. The van der Waals surface area contributed by atoms with E-state index in [2.05, 4.69) is 26.8 Å². The molecule has 1 aliphatic rings. The zero-order valence-corrected chi connectivity index (χ0v) is 11.2. The van der Waals surface area contributed by atoms with Crippen LogP contribution in [0.2, 0.25) is 0 Å². The highest BCUT2D eigenvalue weighted by Gasteiger charge is 2.23. The van der Waals surface area contributed by atoms with Crippen LogP contribution in [-0.4, -0.2) is 15.0 Å². The summed E-state index contributed by atoms with van der Waals surface area (Å²) in [4.78, 5) is 15.7. The molecule has 3 aromatic rings. The van der Waals surface area contributed by atoms with Gasteiger partial charge in [-0.3, -0.25) is 0 Å². The van der Waals surface area contributed by atoms with Gasteiger partial charge in [-0.15, -0.1) is 0 Å². The van der Waals surface area contributed by atoms with Crippen molar-refractivity contribution in [1.82, 2.24) is 15.0 Å². The van der Waals surface area contributed by atoms with E-state index in [9.17, 15) is 0 Å². The van der Waals surface area contributed by atoms with Crippen LogP contribution < -0.4 is 4.90 Å². The second-order valence-corrected chi connectivity index (χ2v) is 4.93. The molecule has 20 heavy (non-hydrogen) atoms. The summed E-state index contributed by atoms with van der Waals surface area (Å²) in [7, 11) is 0. The molecule has 0 saturated carbocycles. The van der Waals surface area contributed by atoms with Crippen molar-refractivity contribution in [2.75, 3.05) is 4.90 Å². The third-order valence-corrected chi connectivity index (χ3v) is 3.68. The lowest BCUT2D eigenvalue weighted by Gasteiger charge is -2.16. The molecule has 0 aromatic carbocycles. The zero-order valence-electron chi connectivity index (χ0n) is 11.2. The highest BCUT2D eigenvalue weighted by molar-refractivity contribution is 5.88. The lowest BCUT2D eigenvalue weighted by molar-refractivity contribution is 0.615. The molecule has 0 saturated heterocycles. The number of furan rings is 1. The van der Waals surface area contributed by atoms with Crippen molar-refractivity contribution in [3.63, 3.8) is 0 Å². The number of hydrogen-bond donors (Lipinski definition) is 0. The van der Waals surface area contributed by atoms with Crippen molar-refractivity contribution in [3.05, 3.63) is 47.9 Å². The molecule has 0 aliphatic carbocycles. The van der Waals surface area contributed by atoms with Gasteiger partial charge >= 0.3 is 0 Å². The lowest BCUT2D eigenvalue weighted by Crippen LogP contribution is -2.16. The molecule has 0 unspecified atom stereocenters. The van der Waals surface area contributed by atoms with Crippen LogP contribution >= 0.6 is 0 Å². The number of aromatic nitrogens is 3. The quantitative estimate of drug-likeness (QED) is 0.713. The number of hydrogen-bond acceptors (Lipinski definition) is 5. The third kappa shape index (κ3) is 1.66. The maximum atomic E-state index is 5.44. The van der Waals surface area contributed by atoms with E-state index in [-0.39, 0.29) is 0 Å². The minimum atomic E-state index is 0.780. The van der Waals surface area contributed by atoms with Crippen LogP contribution in [-0.2, 0) is 19.5 Å². The van der Waals surface area contributed by atoms with E-state index >= 15 is 0 Å². The first kappa shape index (κ1) is 11.4. The van der Waals surface area contributed by atoms with Crippen LogP contribution in [0.4, 0.5) is 5.82 Å². The van der Waals surface area contributed by atoms with Gasteiger partial charge in [-0.25, -0.2) is 15.0 Å². The molecule has 100 valence electrons. The van der Waals surface area contributed by atoms with E-state index in [1.165, 1.54) is 5.56 Å². The molecule has 5 nitrogen and oxygen atoms in total. The van der Waals surface area contributed by atoms with Gasteiger partial charge in [0.25, 0.3) is 0 Å². The molecule has 0 atom stereocenters. The maximum absolute atomic E-state index is 5.44. The van der Waals surface area contributed by atoms with Crippen LogP contribution in [0.3, 0.4) is 0 Å². The van der Waals surface area contributed by atoms with Crippen molar-refractivity contribution in [2.24, 2.45) is 0 Å². The summed E-state index contributed by atoms with van der Waals surface area (Å²) in [5, 5.41) is 1.05. The van der Waals surface area contributed by atoms with Crippen molar-refractivity contribution >= 4 is 16.8 Å². The standard InChI is InChI=1S/C15H14N4O/c1-2-14-17-7-10-8-19(9-12(10)18-14)15-11-4-6-20-13(11)3-5-16-15/h3-7H,2,8-9H2,1H3. The molecule has 5 heteroatoms. The Morgan fingerprint density at radius 1 is 1.25 bits per heavy atom. The van der Waals surface area contributed by atoms with Gasteiger partial charge in [0, 0.05) is 30.9 Å². The van der Waals surface area contributed by atoms with E-state index in [1.807, 2.05) is 18.3 Å². The van der Waals surface area contributed by atoms with Crippen LogP contribution in [0, 0.1) is 0 Å². The largest absolute Gasteiger partial charge is 0.464 e. The lowest BCUT2D eigenvalue weighted by atomic mass is 10.3. The predicted molar refractivity (Wildman–Crippen MR) is 75.3 cm³/mol. The molecule has 3 aromatic heterocycles. The van der Waals surface area contributed by atoms with Crippen molar-refractivity contribution in [3.8, 4) is 0 Å². The van der Waals surface area contributed by atoms with Crippen LogP contribution in [0.15, 0.2) is 35.2 Å². The second kappa shape index (κ2) is 4.30. The number of anilines is 1. The maximum Gasteiger partial charge on any atom is 0.140 e. The summed E-state index contributed by atoms with van der Waals surface area (Å²) in [5.74, 6) is 1.85. The minimum Gasteiger partial charge on any atom is -0.464 e. The molecule has 4 heterocycles. The van der Waals surface area contributed by atoms with Gasteiger partial charge in [-0.05, 0) is 12.1 Å². The molecule has 0 amide bonds. The Kier molecular flexibility index (Phi) is 2.45. The van der Waals surface area contributed by atoms with Gasteiger partial charge in [0.05, 0.1) is 23.9 Å². The van der Waals surface area contributed by atoms with Crippen LogP contribution in [0.1, 0.15) is 24.0 Å². The first-order chi connectivity index (χ1) is 9.85. The molecule has 4 rings (SSSR count). The number of pyridine rings is 1. The van der Waals surface area contributed by atoms with Crippen molar-refractivity contribution < 1.29 is 4.42 Å². The number of rotatable bonds is 2. The Hall–Kier alpha value is -2.43. The number of nitrogens with zero attached hydrogens (tertiary/aromatic N) is 4. The van der Waals surface area contributed by atoms with Gasteiger partial charge in [-0.2, -0.15) is 0 Å².